The van der Waals surface area contributed by atoms with Gasteiger partial charge in [-0.2, -0.15) is 0 Å². The Kier molecular flexibility index (Phi) is 2.07. The quantitative estimate of drug-likeness (QED) is 0.602. The second-order valence-electron chi connectivity index (χ2n) is 3.84. The number of hydrogen-bond donors (Lipinski definition) is 2. The van der Waals surface area contributed by atoms with E-state index in [1.54, 1.807) is 11.3 Å². The Morgan fingerprint density at radius 1 is 1.40 bits per heavy atom. The minimum Gasteiger partial charge on any atom is -0.308 e. The number of rotatable bonds is 2. The highest BCUT2D eigenvalue weighted by atomic mass is 32.1. The molecule has 2 aromatic rings. The fourth-order valence-corrected chi connectivity index (χ4v) is 2.60. The van der Waals surface area contributed by atoms with Crippen LogP contribution >= 0.6 is 11.3 Å². The van der Waals surface area contributed by atoms with E-state index in [0.29, 0.717) is 5.92 Å². The monoisotopic (exact) mass is 220 g/mol. The average Bonchev–Trinajstić information content (AvgIpc) is 2.61. The molecule has 0 aromatic carbocycles. The SMILES string of the molecule is NNc1nc(C2CCC2)nc2sccc12. The first-order chi connectivity index (χ1) is 7.38. The molecule has 2 heterocycles. The van der Waals surface area contributed by atoms with Gasteiger partial charge in [0.2, 0.25) is 0 Å². The fraction of sp³-hybridized carbons (Fsp3) is 0.400. The largest absolute Gasteiger partial charge is 0.308 e. The van der Waals surface area contributed by atoms with Gasteiger partial charge in [-0.15, -0.1) is 11.3 Å². The lowest BCUT2D eigenvalue weighted by molar-refractivity contribution is 0.403. The first-order valence-corrected chi connectivity index (χ1v) is 5.98. The Labute approximate surface area is 91.5 Å². The molecule has 3 N–H and O–H groups in total. The summed E-state index contributed by atoms with van der Waals surface area (Å²) in [6.07, 6.45) is 3.71. The summed E-state index contributed by atoms with van der Waals surface area (Å²) < 4.78 is 0. The van der Waals surface area contributed by atoms with Crippen molar-refractivity contribution in [1.82, 2.24) is 9.97 Å². The van der Waals surface area contributed by atoms with Gasteiger partial charge in [0, 0.05) is 5.92 Å². The minimum atomic E-state index is 0.545. The number of nitrogens with zero attached hydrogens (tertiary/aromatic N) is 2. The van der Waals surface area contributed by atoms with Crippen LogP contribution in [0.25, 0.3) is 10.2 Å². The van der Waals surface area contributed by atoms with Gasteiger partial charge in [0.05, 0.1) is 5.39 Å². The minimum absolute atomic E-state index is 0.545. The van der Waals surface area contributed by atoms with Crippen LogP contribution in [0.5, 0.6) is 0 Å². The molecule has 4 nitrogen and oxygen atoms in total. The van der Waals surface area contributed by atoms with Crippen LogP contribution in [0, 0.1) is 0 Å². The predicted molar refractivity (Wildman–Crippen MR) is 61.8 cm³/mol. The number of thiophene rings is 1. The molecule has 0 radical (unpaired) electrons. The standard InChI is InChI=1S/C10H12N4S/c11-14-9-7-4-5-15-10(7)13-8(12-9)6-2-1-3-6/h4-6H,1-3,11H2,(H,12,13,14). The third-order valence-electron chi connectivity index (χ3n) is 2.95. The Balaban J connectivity index is 2.14. The molecule has 2 aromatic heterocycles. The highest BCUT2D eigenvalue weighted by molar-refractivity contribution is 7.16. The molecule has 0 unspecified atom stereocenters. The van der Waals surface area contributed by atoms with E-state index in [1.165, 1.54) is 19.3 Å². The maximum atomic E-state index is 5.47. The van der Waals surface area contributed by atoms with Gasteiger partial charge < -0.3 is 5.43 Å². The van der Waals surface area contributed by atoms with Crippen molar-refractivity contribution >= 4 is 27.4 Å². The summed E-state index contributed by atoms with van der Waals surface area (Å²) in [5.41, 5.74) is 2.66. The second-order valence-corrected chi connectivity index (χ2v) is 4.74. The van der Waals surface area contributed by atoms with Gasteiger partial charge in [-0.1, -0.05) is 6.42 Å². The lowest BCUT2D eigenvalue weighted by atomic mass is 9.85. The van der Waals surface area contributed by atoms with Gasteiger partial charge in [0.1, 0.15) is 10.7 Å². The Morgan fingerprint density at radius 3 is 2.93 bits per heavy atom. The molecule has 1 saturated carbocycles. The Morgan fingerprint density at radius 2 is 2.27 bits per heavy atom. The van der Waals surface area contributed by atoms with Gasteiger partial charge >= 0.3 is 0 Å². The molecule has 78 valence electrons. The lowest BCUT2D eigenvalue weighted by Gasteiger charge is -2.23. The van der Waals surface area contributed by atoms with Crippen molar-refractivity contribution < 1.29 is 0 Å². The van der Waals surface area contributed by atoms with E-state index >= 15 is 0 Å². The van der Waals surface area contributed by atoms with Gasteiger partial charge in [-0.3, -0.25) is 0 Å². The van der Waals surface area contributed by atoms with Crippen molar-refractivity contribution in [3.63, 3.8) is 0 Å². The van der Waals surface area contributed by atoms with Crippen LogP contribution in [0.2, 0.25) is 0 Å². The maximum Gasteiger partial charge on any atom is 0.152 e. The van der Waals surface area contributed by atoms with Gasteiger partial charge in [-0.05, 0) is 24.3 Å². The van der Waals surface area contributed by atoms with Crippen molar-refractivity contribution in [2.75, 3.05) is 5.43 Å². The van der Waals surface area contributed by atoms with Crippen LogP contribution in [0.4, 0.5) is 5.82 Å². The smallest absolute Gasteiger partial charge is 0.152 e. The summed E-state index contributed by atoms with van der Waals surface area (Å²) in [6.45, 7) is 0. The van der Waals surface area contributed by atoms with Crippen LogP contribution in [-0.4, -0.2) is 9.97 Å². The average molecular weight is 220 g/mol. The molecule has 1 aliphatic carbocycles. The molecule has 0 aliphatic heterocycles. The molecule has 1 fully saturated rings. The van der Waals surface area contributed by atoms with E-state index in [2.05, 4.69) is 15.4 Å². The molecule has 15 heavy (non-hydrogen) atoms. The number of anilines is 1. The van der Waals surface area contributed by atoms with Gasteiger partial charge in [0.15, 0.2) is 5.82 Å². The van der Waals surface area contributed by atoms with E-state index in [0.717, 1.165) is 21.9 Å². The molecule has 0 bridgehead atoms. The summed E-state index contributed by atoms with van der Waals surface area (Å²) >= 11 is 1.64. The number of aromatic nitrogens is 2. The van der Waals surface area contributed by atoms with E-state index in [4.69, 9.17) is 5.84 Å². The number of fused-ring (bicyclic) bond motifs is 1. The summed E-state index contributed by atoms with van der Waals surface area (Å²) in [5.74, 6) is 7.71. The molecule has 3 rings (SSSR count). The van der Waals surface area contributed by atoms with Gasteiger partial charge in [0.25, 0.3) is 0 Å². The van der Waals surface area contributed by atoms with E-state index in [9.17, 15) is 0 Å². The summed E-state index contributed by atoms with van der Waals surface area (Å²) in [7, 11) is 0. The number of nitrogen functional groups attached to an aromatic ring is 1. The van der Waals surface area contributed by atoms with Crippen LogP contribution in [0.3, 0.4) is 0 Å². The molecular weight excluding hydrogens is 208 g/mol. The summed E-state index contributed by atoms with van der Waals surface area (Å²) in [6, 6.07) is 2.00. The van der Waals surface area contributed by atoms with E-state index < -0.39 is 0 Å². The normalized spacial score (nSPS) is 16.6. The van der Waals surface area contributed by atoms with Crippen molar-refractivity contribution in [3.8, 4) is 0 Å². The highest BCUT2D eigenvalue weighted by Crippen LogP contribution is 2.36. The Hall–Kier alpha value is -1.20. The predicted octanol–water partition coefficient (Wildman–Crippen LogP) is 2.24. The number of hydrogen-bond acceptors (Lipinski definition) is 5. The first kappa shape index (κ1) is 9.06. The van der Waals surface area contributed by atoms with Crippen molar-refractivity contribution in [2.24, 2.45) is 5.84 Å². The molecule has 0 atom stereocenters. The Bertz CT molecular complexity index is 489. The van der Waals surface area contributed by atoms with Crippen molar-refractivity contribution in [3.05, 3.63) is 17.3 Å². The van der Waals surface area contributed by atoms with Crippen LogP contribution in [0.1, 0.15) is 31.0 Å². The molecule has 0 saturated heterocycles. The number of nitrogens with one attached hydrogen (secondary N) is 1. The lowest BCUT2D eigenvalue weighted by Crippen LogP contribution is -2.15. The number of hydrazine groups is 1. The zero-order valence-corrected chi connectivity index (χ0v) is 9.05. The second kappa shape index (κ2) is 3.43. The maximum absolute atomic E-state index is 5.47. The topological polar surface area (TPSA) is 63.8 Å². The third kappa shape index (κ3) is 1.39. The molecule has 1 aliphatic rings. The van der Waals surface area contributed by atoms with Crippen LogP contribution in [0.15, 0.2) is 11.4 Å². The first-order valence-electron chi connectivity index (χ1n) is 5.10. The fourth-order valence-electron chi connectivity index (χ4n) is 1.83. The zero-order valence-electron chi connectivity index (χ0n) is 8.23. The van der Waals surface area contributed by atoms with Crippen molar-refractivity contribution in [2.45, 2.75) is 25.2 Å². The molecule has 0 amide bonds. The van der Waals surface area contributed by atoms with Crippen LogP contribution < -0.4 is 11.3 Å². The zero-order chi connectivity index (χ0) is 10.3. The molecule has 5 heteroatoms. The summed E-state index contributed by atoms with van der Waals surface area (Å²) in [4.78, 5) is 10.1. The summed E-state index contributed by atoms with van der Waals surface area (Å²) in [5, 5.41) is 3.04. The van der Waals surface area contributed by atoms with E-state index in [1.807, 2.05) is 11.4 Å². The molecular formula is C10H12N4S. The van der Waals surface area contributed by atoms with Gasteiger partial charge in [-0.25, -0.2) is 15.8 Å². The number of nitrogens with two attached hydrogens (primary N) is 1. The van der Waals surface area contributed by atoms with E-state index in [-0.39, 0.29) is 0 Å². The van der Waals surface area contributed by atoms with Crippen molar-refractivity contribution in [1.29, 1.82) is 0 Å². The molecule has 0 spiro atoms. The van der Waals surface area contributed by atoms with Crippen LogP contribution in [-0.2, 0) is 0 Å². The third-order valence-corrected chi connectivity index (χ3v) is 3.76. The highest BCUT2D eigenvalue weighted by Gasteiger charge is 2.23.